The van der Waals surface area contributed by atoms with Gasteiger partial charge in [-0.15, -0.1) is 11.3 Å². The predicted octanol–water partition coefficient (Wildman–Crippen LogP) is 5.31. The quantitative estimate of drug-likeness (QED) is 0.314. The molecule has 0 aliphatic rings. The minimum absolute atomic E-state index is 0.00902. The molecule has 1 aromatic heterocycles. The zero-order valence-electron chi connectivity index (χ0n) is 14.8. The molecule has 0 aliphatic heterocycles. The molecule has 2 rings (SSSR count). The first-order valence-corrected chi connectivity index (χ1v) is 9.57. The molecule has 0 aliphatic carbocycles. The Morgan fingerprint density at radius 2 is 1.86 bits per heavy atom. The molecule has 28 heavy (non-hydrogen) atoms. The zero-order valence-corrected chi connectivity index (χ0v) is 17.3. The van der Waals surface area contributed by atoms with Crippen molar-refractivity contribution < 1.29 is 33.9 Å². The highest BCUT2D eigenvalue weighted by Crippen LogP contribution is 2.32. The maximum absolute atomic E-state index is 13.6. The molecule has 2 N–H and O–H groups in total. The first kappa shape index (κ1) is 23.5. The third-order valence-electron chi connectivity index (χ3n) is 3.67. The van der Waals surface area contributed by atoms with Crippen LogP contribution in [0, 0.1) is 15.9 Å². The van der Waals surface area contributed by atoms with Crippen LogP contribution in [-0.2, 0) is 4.79 Å². The van der Waals surface area contributed by atoms with E-state index in [1.165, 1.54) is 11.4 Å². The van der Waals surface area contributed by atoms with Gasteiger partial charge in [0.05, 0.1) is 11.0 Å². The Balaban J connectivity index is 0.000000370. The molecule has 0 saturated carbocycles. The lowest BCUT2D eigenvalue weighted by Crippen LogP contribution is -2.29. The maximum Gasteiger partial charge on any atom is 0.349 e. The molecule has 0 spiro atoms. The molecule has 11 heteroatoms. The molecule has 0 fully saturated rings. The summed E-state index contributed by atoms with van der Waals surface area (Å²) < 4.78 is 18.0. The molecule has 2 aromatic rings. The van der Waals surface area contributed by atoms with Crippen molar-refractivity contribution in [2.24, 2.45) is 0 Å². The van der Waals surface area contributed by atoms with Crippen molar-refractivity contribution >= 4 is 44.9 Å². The summed E-state index contributed by atoms with van der Waals surface area (Å²) in [6, 6.07) is 4.25. The third-order valence-corrected chi connectivity index (χ3v) is 6.02. The van der Waals surface area contributed by atoms with Crippen LogP contribution >= 0.6 is 27.3 Å². The Kier molecular flexibility index (Phi) is 8.51. The number of benzene rings is 1. The number of aromatic carboxylic acids is 1. The highest BCUT2D eigenvalue weighted by molar-refractivity contribution is 9.10. The van der Waals surface area contributed by atoms with Crippen LogP contribution in [-0.4, -0.2) is 31.4 Å². The van der Waals surface area contributed by atoms with Gasteiger partial charge in [-0.25, -0.2) is 9.18 Å². The number of nitrogens with zero attached hydrogens (tertiary/aromatic N) is 1. The highest BCUT2D eigenvalue weighted by Gasteiger charge is 2.30. The molecular weight excluding hydrogens is 461 g/mol. The van der Waals surface area contributed by atoms with E-state index in [1.807, 2.05) is 13.8 Å². The van der Waals surface area contributed by atoms with E-state index in [-0.39, 0.29) is 16.4 Å². The van der Waals surface area contributed by atoms with Crippen molar-refractivity contribution in [3.8, 4) is 11.5 Å². The van der Waals surface area contributed by atoms with E-state index in [0.29, 0.717) is 18.9 Å². The topological polar surface area (TPSA) is 127 Å². The average molecular weight is 478 g/mol. The predicted molar refractivity (Wildman–Crippen MR) is 104 cm³/mol. The number of rotatable bonds is 7. The Hall–Kier alpha value is -2.53. The van der Waals surface area contributed by atoms with E-state index >= 15 is 0 Å². The average Bonchev–Trinajstić information content (AvgIpc) is 3.11. The third kappa shape index (κ3) is 5.99. The highest BCUT2D eigenvalue weighted by atomic mass is 79.9. The Labute approximate surface area is 171 Å². The van der Waals surface area contributed by atoms with Gasteiger partial charge in [0, 0.05) is 6.07 Å². The van der Waals surface area contributed by atoms with E-state index in [0.717, 1.165) is 23.5 Å². The summed E-state index contributed by atoms with van der Waals surface area (Å²) in [6.07, 6.45) is 1.25. The zero-order chi connectivity index (χ0) is 21.5. The largest absolute Gasteiger partial charge is 0.480 e. The lowest BCUT2D eigenvalue weighted by atomic mass is 10.0. The number of non-ortho nitro benzene ring substituents is 1. The Morgan fingerprint density at radius 3 is 2.25 bits per heavy atom. The van der Waals surface area contributed by atoms with Crippen molar-refractivity contribution in [1.82, 2.24) is 0 Å². The lowest BCUT2D eigenvalue weighted by molar-refractivity contribution is -0.385. The van der Waals surface area contributed by atoms with Crippen LogP contribution in [0.2, 0.25) is 0 Å². The van der Waals surface area contributed by atoms with Crippen molar-refractivity contribution in [2.45, 2.75) is 31.0 Å². The summed E-state index contributed by atoms with van der Waals surface area (Å²) in [5.74, 6) is -3.17. The summed E-state index contributed by atoms with van der Waals surface area (Å²) in [5, 5.41) is 29.4. The second-order valence-corrected chi connectivity index (χ2v) is 7.80. The summed E-state index contributed by atoms with van der Waals surface area (Å²) in [4.78, 5) is 30.9. The molecule has 0 amide bonds. The SMILES string of the molecule is CCC(Br)(CC)C(=O)O.O=C(O)c1sccc1Oc1ccc([N+](=O)[O-])cc1F. The summed E-state index contributed by atoms with van der Waals surface area (Å²) in [5.41, 5.74) is -0.409. The molecular formula is C17H17BrFNO7S. The van der Waals surface area contributed by atoms with Gasteiger partial charge in [0.1, 0.15) is 4.32 Å². The number of hydrogen-bond acceptors (Lipinski definition) is 6. The number of alkyl halides is 1. The molecule has 1 heterocycles. The van der Waals surface area contributed by atoms with Crippen LogP contribution in [0.3, 0.4) is 0 Å². The second kappa shape index (κ2) is 10.1. The van der Waals surface area contributed by atoms with E-state index in [1.54, 1.807) is 0 Å². The smallest absolute Gasteiger partial charge is 0.349 e. The number of carbonyl (C=O) groups is 2. The molecule has 1 aromatic carbocycles. The maximum atomic E-state index is 13.6. The van der Waals surface area contributed by atoms with Crippen LogP contribution < -0.4 is 4.74 Å². The van der Waals surface area contributed by atoms with Crippen molar-refractivity contribution in [1.29, 1.82) is 0 Å². The van der Waals surface area contributed by atoms with Crippen molar-refractivity contribution in [3.05, 3.63) is 50.5 Å². The number of thiophene rings is 1. The molecule has 0 atom stereocenters. The van der Waals surface area contributed by atoms with Crippen molar-refractivity contribution in [2.75, 3.05) is 0 Å². The minimum Gasteiger partial charge on any atom is -0.480 e. The number of hydrogen-bond donors (Lipinski definition) is 2. The van der Waals surface area contributed by atoms with Gasteiger partial charge in [0.15, 0.2) is 22.2 Å². The van der Waals surface area contributed by atoms with Crippen LogP contribution in [0.15, 0.2) is 29.6 Å². The number of carboxylic acid groups (broad SMARTS) is 2. The molecule has 152 valence electrons. The van der Waals surface area contributed by atoms with Gasteiger partial charge in [-0.2, -0.15) is 0 Å². The minimum atomic E-state index is -1.19. The first-order chi connectivity index (χ1) is 13.1. The monoisotopic (exact) mass is 477 g/mol. The van der Waals surface area contributed by atoms with E-state index < -0.39 is 32.7 Å². The molecule has 0 bridgehead atoms. The molecule has 0 radical (unpaired) electrons. The van der Waals surface area contributed by atoms with Crippen LogP contribution in [0.1, 0.15) is 36.4 Å². The fraction of sp³-hybridized carbons (Fsp3) is 0.294. The van der Waals surface area contributed by atoms with E-state index in [9.17, 15) is 24.1 Å². The first-order valence-electron chi connectivity index (χ1n) is 7.90. The van der Waals surface area contributed by atoms with Crippen LogP contribution in [0.5, 0.6) is 11.5 Å². The normalized spacial score (nSPS) is 10.6. The van der Waals surface area contributed by atoms with E-state index in [2.05, 4.69) is 15.9 Å². The van der Waals surface area contributed by atoms with Gasteiger partial charge in [-0.1, -0.05) is 29.8 Å². The van der Waals surface area contributed by atoms with Gasteiger partial charge in [0.25, 0.3) is 5.69 Å². The van der Waals surface area contributed by atoms with Gasteiger partial charge in [0.2, 0.25) is 0 Å². The number of carboxylic acids is 2. The van der Waals surface area contributed by atoms with Crippen molar-refractivity contribution in [3.63, 3.8) is 0 Å². The van der Waals surface area contributed by atoms with Crippen LogP contribution in [0.25, 0.3) is 0 Å². The van der Waals surface area contributed by atoms with Gasteiger partial charge >= 0.3 is 11.9 Å². The summed E-state index contributed by atoms with van der Waals surface area (Å²) >= 11 is 4.08. The number of nitro groups is 1. The fourth-order valence-corrected chi connectivity index (χ4v) is 2.55. The molecule has 0 unspecified atom stereocenters. The standard InChI is InChI=1S/C11H6FNO5S.C6H11BrO2/c12-7-5-6(13(16)17)1-2-8(7)18-9-3-4-19-10(9)11(14)15;1-3-6(7,4-2)5(8)9/h1-5H,(H,14,15);3-4H2,1-2H3,(H,8,9). The number of ether oxygens (including phenoxy) is 1. The van der Waals surface area contributed by atoms with E-state index in [4.69, 9.17) is 14.9 Å². The van der Waals surface area contributed by atoms with Crippen LogP contribution in [0.4, 0.5) is 10.1 Å². The Bertz CT molecular complexity index is 867. The number of nitro benzene ring substituents is 1. The van der Waals surface area contributed by atoms with Gasteiger partial charge in [-0.3, -0.25) is 14.9 Å². The Morgan fingerprint density at radius 1 is 1.25 bits per heavy atom. The summed E-state index contributed by atoms with van der Waals surface area (Å²) in [6.45, 7) is 3.71. The van der Waals surface area contributed by atoms with Gasteiger partial charge < -0.3 is 14.9 Å². The number of halogens is 2. The molecule has 8 nitrogen and oxygen atoms in total. The van der Waals surface area contributed by atoms with Gasteiger partial charge in [-0.05, 0) is 30.4 Å². The summed E-state index contributed by atoms with van der Waals surface area (Å²) in [7, 11) is 0. The molecule has 0 saturated heterocycles. The number of aliphatic carboxylic acids is 1. The second-order valence-electron chi connectivity index (χ2n) is 5.37. The fourth-order valence-electron chi connectivity index (χ4n) is 1.89. The lowest BCUT2D eigenvalue weighted by Gasteiger charge is -2.17.